The summed E-state index contributed by atoms with van der Waals surface area (Å²) in [6.45, 7) is 5.31. The van der Waals surface area contributed by atoms with Crippen LogP contribution in [0.2, 0.25) is 0 Å². The molecule has 0 unspecified atom stereocenters. The quantitative estimate of drug-likeness (QED) is 0.798. The van der Waals surface area contributed by atoms with Gasteiger partial charge in [-0.25, -0.2) is 14.2 Å². The largest absolute Gasteiger partial charge is 0.471 e. The molecule has 2 N–H and O–H groups in total. The van der Waals surface area contributed by atoms with Crippen molar-refractivity contribution in [1.29, 1.82) is 0 Å². The molecular formula is C19H25FN6O4. The van der Waals surface area contributed by atoms with Crippen molar-refractivity contribution in [2.45, 2.75) is 45.1 Å². The Bertz CT molecular complexity index is 941. The lowest BCUT2D eigenvalue weighted by molar-refractivity contribution is -0.0115. The van der Waals surface area contributed by atoms with Gasteiger partial charge >= 0.3 is 6.09 Å². The van der Waals surface area contributed by atoms with Crippen LogP contribution in [0.1, 0.15) is 37.6 Å². The second-order valence-electron chi connectivity index (χ2n) is 8.11. The van der Waals surface area contributed by atoms with Gasteiger partial charge in [0.05, 0.1) is 12.7 Å². The van der Waals surface area contributed by atoms with Crippen LogP contribution in [0.4, 0.5) is 9.18 Å². The van der Waals surface area contributed by atoms with Crippen LogP contribution in [0.5, 0.6) is 5.88 Å². The highest BCUT2D eigenvalue weighted by Crippen LogP contribution is 2.27. The van der Waals surface area contributed by atoms with Gasteiger partial charge in [-0.2, -0.15) is 0 Å². The first-order valence-corrected chi connectivity index (χ1v) is 9.48. The van der Waals surface area contributed by atoms with Crippen LogP contribution in [-0.4, -0.2) is 67.8 Å². The maximum Gasteiger partial charge on any atom is 0.410 e. The fourth-order valence-electron chi connectivity index (χ4n) is 2.99. The number of hydrogen-bond acceptors (Lipinski definition) is 7. The highest BCUT2D eigenvalue weighted by atomic mass is 19.1. The van der Waals surface area contributed by atoms with Gasteiger partial charge in [-0.3, -0.25) is 9.48 Å². The normalized spacial score (nSPS) is 19.4. The Morgan fingerprint density at radius 1 is 1.33 bits per heavy atom. The van der Waals surface area contributed by atoms with Gasteiger partial charge in [-0.1, -0.05) is 5.21 Å². The third-order valence-electron chi connectivity index (χ3n) is 4.41. The van der Waals surface area contributed by atoms with Gasteiger partial charge in [0, 0.05) is 31.8 Å². The minimum absolute atomic E-state index is 0.0138. The lowest BCUT2D eigenvalue weighted by atomic mass is 10.1. The number of hydrogen-bond donors (Lipinski definition) is 1. The van der Waals surface area contributed by atoms with Crippen LogP contribution in [0.3, 0.4) is 0 Å². The number of alkyl halides is 1. The lowest BCUT2D eigenvalue weighted by Crippen LogP contribution is -2.50. The highest BCUT2D eigenvalue weighted by molar-refractivity contribution is 5.96. The van der Waals surface area contributed by atoms with E-state index in [2.05, 4.69) is 15.3 Å². The van der Waals surface area contributed by atoms with Crippen LogP contribution in [0.15, 0.2) is 18.5 Å². The first-order chi connectivity index (χ1) is 14.0. The maximum atomic E-state index is 14.7. The van der Waals surface area contributed by atoms with E-state index in [-0.39, 0.29) is 31.0 Å². The monoisotopic (exact) mass is 420 g/mol. The Balaban J connectivity index is 1.72. The topological polar surface area (TPSA) is 125 Å². The Morgan fingerprint density at radius 2 is 2.07 bits per heavy atom. The molecule has 1 aliphatic rings. The van der Waals surface area contributed by atoms with Crippen LogP contribution < -0.4 is 10.5 Å². The predicted molar refractivity (Wildman–Crippen MR) is 104 cm³/mol. The smallest absolute Gasteiger partial charge is 0.410 e. The third-order valence-corrected chi connectivity index (χ3v) is 4.41. The maximum absolute atomic E-state index is 14.7. The van der Waals surface area contributed by atoms with E-state index >= 15 is 0 Å². The fourth-order valence-corrected chi connectivity index (χ4v) is 2.99. The molecule has 30 heavy (non-hydrogen) atoms. The molecule has 0 bridgehead atoms. The fraction of sp³-hybridized carbons (Fsp3) is 0.526. The Kier molecular flexibility index (Phi) is 5.90. The molecule has 2 aromatic rings. The van der Waals surface area contributed by atoms with E-state index in [1.807, 2.05) is 0 Å². The molecule has 0 spiro atoms. The van der Waals surface area contributed by atoms with Crippen molar-refractivity contribution in [2.75, 3.05) is 13.1 Å². The minimum atomic E-state index is -1.48. The molecule has 1 aliphatic heterocycles. The molecule has 2 aromatic heterocycles. The molecule has 2 atom stereocenters. The number of aryl methyl sites for hydroxylation is 1. The number of likely N-dealkylation sites (tertiary alicyclic amines) is 1. The van der Waals surface area contributed by atoms with Crippen molar-refractivity contribution in [2.24, 2.45) is 12.8 Å². The number of ether oxygens (including phenoxy) is 2. The summed E-state index contributed by atoms with van der Waals surface area (Å²) in [7, 11) is 1.71. The summed E-state index contributed by atoms with van der Waals surface area (Å²) in [6.07, 6.45) is 0.394. The van der Waals surface area contributed by atoms with Crippen LogP contribution in [0.25, 0.3) is 11.3 Å². The van der Waals surface area contributed by atoms with Crippen molar-refractivity contribution < 1.29 is 23.5 Å². The SMILES string of the molecule is Cn1cc(-c2cnc(O[C@@H]3CCN(C(=O)OC(C)(C)C)C[C@@H]3F)c(C(N)=O)c2)nn1. The number of nitrogens with two attached hydrogens (primary N) is 1. The summed E-state index contributed by atoms with van der Waals surface area (Å²) in [5.41, 5.74) is 5.85. The molecule has 1 fully saturated rings. The van der Waals surface area contributed by atoms with Gasteiger partial charge in [0.2, 0.25) is 5.88 Å². The lowest BCUT2D eigenvalue weighted by Gasteiger charge is -2.35. The highest BCUT2D eigenvalue weighted by Gasteiger charge is 2.35. The van der Waals surface area contributed by atoms with Gasteiger partial charge in [0.15, 0.2) is 6.17 Å². The van der Waals surface area contributed by atoms with Crippen molar-refractivity contribution >= 4 is 12.0 Å². The second kappa shape index (κ2) is 8.25. The summed E-state index contributed by atoms with van der Waals surface area (Å²) < 4.78 is 27.2. The number of aromatic nitrogens is 4. The van der Waals surface area contributed by atoms with Crippen LogP contribution in [-0.2, 0) is 11.8 Å². The minimum Gasteiger partial charge on any atom is -0.471 e. The molecule has 3 rings (SSSR count). The van der Waals surface area contributed by atoms with E-state index in [9.17, 15) is 14.0 Å². The number of rotatable bonds is 4. The van der Waals surface area contributed by atoms with Gasteiger partial charge in [0.1, 0.15) is 23.0 Å². The molecule has 0 saturated carbocycles. The van der Waals surface area contributed by atoms with Crippen LogP contribution >= 0.6 is 0 Å². The average Bonchev–Trinajstić information content (AvgIpc) is 3.08. The Morgan fingerprint density at radius 3 is 2.63 bits per heavy atom. The zero-order valence-electron chi connectivity index (χ0n) is 17.3. The van der Waals surface area contributed by atoms with Crippen molar-refractivity contribution in [3.8, 4) is 17.1 Å². The molecule has 0 aromatic carbocycles. The van der Waals surface area contributed by atoms with Crippen molar-refractivity contribution in [3.63, 3.8) is 0 Å². The Hall–Kier alpha value is -3.24. The van der Waals surface area contributed by atoms with E-state index in [1.165, 1.54) is 21.8 Å². The zero-order chi connectivity index (χ0) is 22.1. The predicted octanol–water partition coefficient (Wildman–Crippen LogP) is 1.70. The van der Waals surface area contributed by atoms with Gasteiger partial charge < -0.3 is 20.1 Å². The molecule has 11 heteroatoms. The van der Waals surface area contributed by atoms with Gasteiger partial charge in [-0.05, 0) is 26.8 Å². The molecule has 0 radical (unpaired) electrons. The number of pyridine rings is 1. The number of amides is 2. The van der Waals surface area contributed by atoms with E-state index in [4.69, 9.17) is 15.2 Å². The molecule has 0 aliphatic carbocycles. The summed E-state index contributed by atoms with van der Waals surface area (Å²) in [5, 5.41) is 7.80. The second-order valence-corrected chi connectivity index (χ2v) is 8.11. The standard InChI is InChI=1S/C19H25FN6O4/c1-19(2,3)30-18(28)26-6-5-15(13(20)9-26)29-17-12(16(21)27)7-11(8-22-17)14-10-25(4)24-23-14/h7-8,10,13,15H,5-6,9H2,1-4H3,(H2,21,27)/t13-,15+/m0/s1. The number of primary amides is 1. The molecule has 162 valence electrons. The number of nitrogens with zero attached hydrogens (tertiary/aromatic N) is 5. The van der Waals surface area contributed by atoms with Gasteiger partial charge in [-0.15, -0.1) is 5.10 Å². The van der Waals surface area contributed by atoms with E-state index < -0.39 is 29.9 Å². The Labute approximate surface area is 173 Å². The van der Waals surface area contributed by atoms with Crippen molar-refractivity contribution in [3.05, 3.63) is 24.0 Å². The van der Waals surface area contributed by atoms with E-state index in [0.29, 0.717) is 11.3 Å². The van der Waals surface area contributed by atoms with Gasteiger partial charge in [0.25, 0.3) is 5.91 Å². The average molecular weight is 420 g/mol. The number of carbonyl (C=O) groups excluding carboxylic acids is 2. The summed E-state index contributed by atoms with van der Waals surface area (Å²) >= 11 is 0. The number of piperidine rings is 1. The summed E-state index contributed by atoms with van der Waals surface area (Å²) in [6, 6.07) is 1.48. The first kappa shape index (κ1) is 21.5. The molecule has 2 amide bonds. The number of halogens is 1. The zero-order valence-corrected chi connectivity index (χ0v) is 17.3. The molecule has 1 saturated heterocycles. The molecule has 10 nitrogen and oxygen atoms in total. The summed E-state index contributed by atoms with van der Waals surface area (Å²) in [4.78, 5) is 29.5. The third kappa shape index (κ3) is 5.02. The molecular weight excluding hydrogens is 395 g/mol. The van der Waals surface area contributed by atoms with E-state index in [1.54, 1.807) is 34.0 Å². The molecule has 3 heterocycles. The number of carbonyl (C=O) groups is 2. The van der Waals surface area contributed by atoms with E-state index in [0.717, 1.165) is 0 Å². The summed E-state index contributed by atoms with van der Waals surface area (Å²) in [5.74, 6) is -0.821. The first-order valence-electron chi connectivity index (χ1n) is 9.48. The van der Waals surface area contributed by atoms with Crippen LogP contribution in [0, 0.1) is 0 Å². The van der Waals surface area contributed by atoms with Crippen molar-refractivity contribution in [1.82, 2.24) is 24.9 Å².